The zero-order valence-electron chi connectivity index (χ0n) is 15.4. The van der Waals surface area contributed by atoms with E-state index in [2.05, 4.69) is 10.3 Å². The number of hydrogen-bond donors (Lipinski definition) is 1. The molecule has 0 radical (unpaired) electrons. The van der Waals surface area contributed by atoms with E-state index in [1.165, 1.54) is 18.2 Å². The smallest absolute Gasteiger partial charge is 0.271 e. The molecule has 29 heavy (non-hydrogen) atoms. The summed E-state index contributed by atoms with van der Waals surface area (Å²) in [6.45, 7) is 2.42. The van der Waals surface area contributed by atoms with Crippen LogP contribution in [0.3, 0.4) is 0 Å². The molecular formula is C19H17ClN4O4S. The first-order valence-corrected chi connectivity index (χ1v) is 10.1. The Morgan fingerprint density at radius 3 is 2.83 bits per heavy atom. The summed E-state index contributed by atoms with van der Waals surface area (Å²) >= 11 is 7.13. The Bertz CT molecular complexity index is 1150. The molecule has 0 spiro atoms. The highest BCUT2D eigenvalue weighted by molar-refractivity contribution is 7.99. The quantitative estimate of drug-likeness (QED) is 0.260. The summed E-state index contributed by atoms with van der Waals surface area (Å²) in [7, 11) is 0. The van der Waals surface area contributed by atoms with Crippen molar-refractivity contribution in [3.05, 3.63) is 68.0 Å². The van der Waals surface area contributed by atoms with Crippen LogP contribution in [-0.2, 0) is 11.3 Å². The molecule has 0 saturated carbocycles. The molecule has 0 aliphatic carbocycles. The molecule has 0 aliphatic rings. The van der Waals surface area contributed by atoms with Gasteiger partial charge in [0.15, 0.2) is 5.16 Å². The molecular weight excluding hydrogens is 416 g/mol. The third kappa shape index (κ3) is 4.93. The molecule has 0 bridgehead atoms. The van der Waals surface area contributed by atoms with E-state index < -0.39 is 4.92 Å². The molecule has 8 nitrogen and oxygen atoms in total. The number of non-ortho nitro benzene ring substituents is 1. The summed E-state index contributed by atoms with van der Waals surface area (Å²) in [4.78, 5) is 39.9. The van der Waals surface area contributed by atoms with Gasteiger partial charge in [-0.25, -0.2) is 4.98 Å². The number of nitro groups is 1. The number of carbonyl (C=O) groups excluding carboxylic acids is 1. The third-order valence-electron chi connectivity index (χ3n) is 4.00. The molecule has 0 atom stereocenters. The van der Waals surface area contributed by atoms with Crippen molar-refractivity contribution >= 4 is 51.5 Å². The van der Waals surface area contributed by atoms with Crippen LogP contribution in [0.2, 0.25) is 5.02 Å². The third-order valence-corrected chi connectivity index (χ3v) is 5.21. The van der Waals surface area contributed by atoms with Gasteiger partial charge < -0.3 is 5.32 Å². The van der Waals surface area contributed by atoms with Gasteiger partial charge in [-0.2, -0.15) is 0 Å². The fourth-order valence-corrected chi connectivity index (χ4v) is 3.72. The van der Waals surface area contributed by atoms with E-state index in [4.69, 9.17) is 11.6 Å². The summed E-state index contributed by atoms with van der Waals surface area (Å²) in [6, 6.07) is 10.6. The fraction of sp³-hybridized carbons (Fsp3) is 0.211. The van der Waals surface area contributed by atoms with Crippen molar-refractivity contribution in [2.24, 2.45) is 0 Å². The number of benzene rings is 2. The highest BCUT2D eigenvalue weighted by atomic mass is 35.5. The van der Waals surface area contributed by atoms with E-state index in [-0.39, 0.29) is 22.9 Å². The minimum Gasteiger partial charge on any atom is -0.325 e. The number of fused-ring (bicyclic) bond motifs is 1. The highest BCUT2D eigenvalue weighted by Crippen LogP contribution is 2.22. The molecule has 3 rings (SSSR count). The van der Waals surface area contributed by atoms with Gasteiger partial charge >= 0.3 is 0 Å². The van der Waals surface area contributed by atoms with E-state index in [9.17, 15) is 19.7 Å². The maximum Gasteiger partial charge on any atom is 0.271 e. The molecule has 3 aromatic rings. The first-order valence-electron chi connectivity index (χ1n) is 8.76. The lowest BCUT2D eigenvalue weighted by molar-refractivity contribution is -0.384. The Kier molecular flexibility index (Phi) is 6.50. The summed E-state index contributed by atoms with van der Waals surface area (Å²) in [5, 5.41) is 14.8. The Morgan fingerprint density at radius 1 is 1.31 bits per heavy atom. The first kappa shape index (κ1) is 20.8. The summed E-state index contributed by atoms with van der Waals surface area (Å²) in [5.74, 6) is -0.371. The molecule has 1 N–H and O–H groups in total. The zero-order valence-corrected chi connectivity index (χ0v) is 17.0. The average Bonchev–Trinajstić information content (AvgIpc) is 2.69. The number of nitrogens with one attached hydrogen (secondary N) is 1. The number of anilines is 1. The molecule has 10 heteroatoms. The Labute approximate surface area is 175 Å². The lowest BCUT2D eigenvalue weighted by Gasteiger charge is -2.12. The van der Waals surface area contributed by atoms with Crippen molar-refractivity contribution < 1.29 is 9.72 Å². The monoisotopic (exact) mass is 432 g/mol. The van der Waals surface area contributed by atoms with Crippen molar-refractivity contribution in [2.45, 2.75) is 25.0 Å². The van der Waals surface area contributed by atoms with Crippen LogP contribution in [-0.4, -0.2) is 26.1 Å². The summed E-state index contributed by atoms with van der Waals surface area (Å²) in [6.07, 6.45) is 0.730. The standard InChI is InChI=1S/C19H17ClN4O4S/c1-2-8-23-18(26)15-7-6-12(20)9-16(15)22-19(23)29-11-17(25)21-13-4-3-5-14(10-13)24(27)28/h3-7,9-10H,2,8,11H2,1H3,(H,21,25). The van der Waals surface area contributed by atoms with Crippen LogP contribution >= 0.6 is 23.4 Å². The summed E-state index contributed by atoms with van der Waals surface area (Å²) in [5.41, 5.74) is 0.501. The topological polar surface area (TPSA) is 107 Å². The number of carbonyl (C=O) groups is 1. The molecule has 0 saturated heterocycles. The Morgan fingerprint density at radius 2 is 2.10 bits per heavy atom. The van der Waals surface area contributed by atoms with Gasteiger partial charge in [-0.3, -0.25) is 24.3 Å². The van der Waals surface area contributed by atoms with E-state index in [1.54, 1.807) is 28.8 Å². The second kappa shape index (κ2) is 9.06. The van der Waals surface area contributed by atoms with Gasteiger partial charge in [0.2, 0.25) is 5.91 Å². The molecule has 2 aromatic carbocycles. The normalized spacial score (nSPS) is 10.8. The minimum atomic E-state index is -0.530. The second-order valence-corrected chi connectivity index (χ2v) is 7.54. The van der Waals surface area contributed by atoms with E-state index in [0.717, 1.165) is 18.2 Å². The van der Waals surface area contributed by atoms with Gasteiger partial charge in [-0.05, 0) is 30.7 Å². The number of aromatic nitrogens is 2. The van der Waals surface area contributed by atoms with E-state index in [0.29, 0.717) is 33.3 Å². The predicted octanol–water partition coefficient (Wildman–Crippen LogP) is 4.10. The number of nitro benzene ring substituents is 1. The molecule has 1 amide bonds. The van der Waals surface area contributed by atoms with Gasteiger partial charge in [0.1, 0.15) is 0 Å². The average molecular weight is 433 g/mol. The van der Waals surface area contributed by atoms with Crippen molar-refractivity contribution in [1.82, 2.24) is 9.55 Å². The molecule has 1 heterocycles. The van der Waals surface area contributed by atoms with Crippen LogP contribution in [0.15, 0.2) is 52.4 Å². The number of rotatable bonds is 7. The number of halogens is 1. The molecule has 0 unspecified atom stereocenters. The fourth-order valence-electron chi connectivity index (χ4n) is 2.73. The largest absolute Gasteiger partial charge is 0.325 e. The van der Waals surface area contributed by atoms with Crippen molar-refractivity contribution in [3.8, 4) is 0 Å². The van der Waals surface area contributed by atoms with Crippen LogP contribution in [0.5, 0.6) is 0 Å². The first-order chi connectivity index (χ1) is 13.9. The van der Waals surface area contributed by atoms with Gasteiger partial charge in [0.25, 0.3) is 11.2 Å². The van der Waals surface area contributed by atoms with Gasteiger partial charge in [-0.15, -0.1) is 0 Å². The number of hydrogen-bond acceptors (Lipinski definition) is 6. The van der Waals surface area contributed by atoms with Gasteiger partial charge in [-0.1, -0.05) is 36.4 Å². The molecule has 0 aliphatic heterocycles. The zero-order chi connectivity index (χ0) is 21.0. The second-order valence-electron chi connectivity index (χ2n) is 6.16. The Hall–Kier alpha value is -2.91. The number of thioether (sulfide) groups is 1. The maximum atomic E-state index is 12.8. The van der Waals surface area contributed by atoms with Crippen LogP contribution in [0, 0.1) is 10.1 Å². The summed E-state index contributed by atoms with van der Waals surface area (Å²) < 4.78 is 1.54. The SMILES string of the molecule is CCCn1c(SCC(=O)Nc2cccc([N+](=O)[O-])c2)nc2cc(Cl)ccc2c1=O. The molecule has 1 aromatic heterocycles. The molecule has 0 fully saturated rings. The minimum absolute atomic E-state index is 0.00901. The van der Waals surface area contributed by atoms with Crippen molar-refractivity contribution in [2.75, 3.05) is 11.1 Å². The highest BCUT2D eigenvalue weighted by Gasteiger charge is 2.14. The van der Waals surface area contributed by atoms with Crippen molar-refractivity contribution in [3.63, 3.8) is 0 Å². The lowest BCUT2D eigenvalue weighted by atomic mass is 10.2. The van der Waals surface area contributed by atoms with Crippen LogP contribution < -0.4 is 10.9 Å². The van der Waals surface area contributed by atoms with Crippen LogP contribution in [0.4, 0.5) is 11.4 Å². The Balaban J connectivity index is 1.81. The van der Waals surface area contributed by atoms with Crippen molar-refractivity contribution in [1.29, 1.82) is 0 Å². The predicted molar refractivity (Wildman–Crippen MR) is 114 cm³/mol. The van der Waals surface area contributed by atoms with E-state index >= 15 is 0 Å². The maximum absolute atomic E-state index is 12.8. The van der Waals surface area contributed by atoms with E-state index in [1.807, 2.05) is 6.92 Å². The number of amides is 1. The lowest BCUT2D eigenvalue weighted by Crippen LogP contribution is -2.24. The number of nitrogens with zero attached hydrogens (tertiary/aromatic N) is 3. The van der Waals surface area contributed by atoms with Crippen LogP contribution in [0.1, 0.15) is 13.3 Å². The van der Waals surface area contributed by atoms with Gasteiger partial charge in [0.05, 0.1) is 21.6 Å². The molecule has 150 valence electrons. The van der Waals surface area contributed by atoms with Gasteiger partial charge in [0, 0.05) is 29.4 Å². The van der Waals surface area contributed by atoms with Crippen LogP contribution in [0.25, 0.3) is 10.9 Å².